The third kappa shape index (κ3) is 6.00. The van der Waals surface area contributed by atoms with Crippen molar-refractivity contribution in [2.45, 2.75) is 9.79 Å². The third-order valence-electron chi connectivity index (χ3n) is 3.16. The van der Waals surface area contributed by atoms with Gasteiger partial charge < -0.3 is 0 Å². The van der Waals surface area contributed by atoms with Gasteiger partial charge >= 0.3 is 0 Å². The normalized spacial score (nSPS) is 13.2. The largest absolute Gasteiger partial charge is 0.298 e. The van der Waals surface area contributed by atoms with Crippen LogP contribution in [0.1, 0.15) is 0 Å². The average molecular weight is 415 g/mol. The lowest BCUT2D eigenvalue weighted by Crippen LogP contribution is -2.68. The first-order valence-electron chi connectivity index (χ1n) is 7.31. The number of halogens is 2. The van der Waals surface area contributed by atoms with Crippen LogP contribution in [0.2, 0.25) is 0 Å². The second-order valence-electron chi connectivity index (χ2n) is 5.35. The molecule has 2 aromatic rings. The summed E-state index contributed by atoms with van der Waals surface area (Å²) in [6.07, 6.45) is 3.88. The zero-order valence-electron chi connectivity index (χ0n) is 14.0. The van der Waals surface area contributed by atoms with Crippen LogP contribution >= 0.6 is 23.4 Å². The maximum Gasteiger partial charge on any atom is 0.165 e. The number of hydrogen-bond donors (Lipinski definition) is 0. The van der Waals surface area contributed by atoms with Gasteiger partial charge in [-0.25, -0.2) is 23.2 Å². The fourth-order valence-electron chi connectivity index (χ4n) is 2.22. The summed E-state index contributed by atoms with van der Waals surface area (Å²) in [4.78, 5) is 4.53. The molecule has 9 heteroatoms. The van der Waals surface area contributed by atoms with Crippen molar-refractivity contribution in [3.63, 3.8) is 0 Å². The molecule has 0 radical (unpaired) electrons. The fourth-order valence-corrected chi connectivity index (χ4v) is 3.52. The summed E-state index contributed by atoms with van der Waals surface area (Å²) in [6, 6.07) is 16.7. The summed E-state index contributed by atoms with van der Waals surface area (Å²) in [5.41, 5.74) is 2.24. The molecule has 0 amide bonds. The van der Waals surface area contributed by atoms with Gasteiger partial charge in [-0.05, 0) is 24.3 Å². The smallest absolute Gasteiger partial charge is 0.165 e. The van der Waals surface area contributed by atoms with E-state index in [4.69, 9.17) is 30.2 Å². The molecule has 1 aliphatic heterocycles. The summed E-state index contributed by atoms with van der Waals surface area (Å²) < 4.78 is 35.9. The second kappa shape index (κ2) is 8.88. The van der Waals surface area contributed by atoms with Crippen molar-refractivity contribution in [2.75, 3.05) is 19.0 Å². The molecule has 0 aromatic heterocycles. The quantitative estimate of drug-likeness (QED) is 0.388. The molecule has 6 nitrogen and oxygen atoms in total. The Morgan fingerprint density at radius 2 is 1.38 bits per heavy atom. The van der Waals surface area contributed by atoms with Crippen molar-refractivity contribution in [2.24, 2.45) is 0 Å². The first kappa shape index (κ1) is 20.7. The van der Waals surface area contributed by atoms with E-state index in [-0.39, 0.29) is 0 Å². The van der Waals surface area contributed by atoms with Crippen LogP contribution in [-0.4, -0.2) is 24.9 Å². The number of para-hydroxylation sites is 2. The zero-order chi connectivity index (χ0) is 19.3. The van der Waals surface area contributed by atoms with Crippen molar-refractivity contribution in [3.8, 4) is 0 Å². The predicted octanol–water partition coefficient (Wildman–Crippen LogP) is -0.0436. The molecule has 0 N–H and O–H groups in total. The van der Waals surface area contributed by atoms with E-state index in [1.165, 1.54) is 9.79 Å². The van der Waals surface area contributed by atoms with Gasteiger partial charge in [0.1, 0.15) is 19.3 Å². The molecule has 0 fully saturated rings. The van der Waals surface area contributed by atoms with Gasteiger partial charge in [-0.3, -0.25) is 4.90 Å². The van der Waals surface area contributed by atoms with Gasteiger partial charge in [0.25, 0.3) is 0 Å². The van der Waals surface area contributed by atoms with E-state index < -0.39 is 10.2 Å². The monoisotopic (exact) mass is 414 g/mol. The third-order valence-corrected chi connectivity index (χ3v) is 4.58. The van der Waals surface area contributed by atoms with Crippen LogP contribution in [-0.2, 0) is 0 Å². The van der Waals surface area contributed by atoms with Gasteiger partial charge in [0.15, 0.2) is 6.21 Å². The Bertz CT molecular complexity index is 782. The van der Waals surface area contributed by atoms with Crippen LogP contribution in [0, 0.1) is 10.2 Å². The molecule has 0 bridgehead atoms. The maximum atomic E-state index is 8.49. The molecule has 0 saturated heterocycles. The van der Waals surface area contributed by atoms with Crippen molar-refractivity contribution in [1.82, 2.24) is 0 Å². The van der Waals surface area contributed by atoms with Gasteiger partial charge in [-0.1, -0.05) is 47.6 Å². The van der Waals surface area contributed by atoms with Crippen molar-refractivity contribution >= 4 is 41.0 Å². The Labute approximate surface area is 163 Å². The number of fused-ring (bicyclic) bond motifs is 2. The Kier molecular flexibility index (Phi) is 7.08. The van der Waals surface area contributed by atoms with Crippen LogP contribution in [0.4, 0.5) is 11.4 Å². The molecule has 2 aromatic carbocycles. The molecule has 0 saturated carbocycles. The molecule has 1 aliphatic rings. The lowest BCUT2D eigenvalue weighted by Gasteiger charge is -2.31. The molecule has 138 valence electrons. The highest BCUT2D eigenvalue weighted by molar-refractivity contribution is 7.99. The summed E-state index contributed by atoms with van der Waals surface area (Å²) in [7, 11) is -0.983. The Balaban J connectivity index is 0.000000431. The number of anilines is 2. The number of benzene rings is 2. The Morgan fingerprint density at radius 3 is 1.81 bits per heavy atom. The standard InChI is InChI=1S/C17H16ClN2S.ClHO4/c1-19(2)12-11-17(18)20-13-7-3-5-9-15(13)21-16-10-6-4-8-14(16)20;2-1(3,4)5/h3-12H,1-2H3;(H,2,3,4,5)/q+1;/p-1. The average Bonchev–Trinajstić information content (AvgIpc) is 2.56. The minimum atomic E-state index is -4.94. The van der Waals surface area contributed by atoms with E-state index in [2.05, 4.69) is 41.3 Å². The van der Waals surface area contributed by atoms with Crippen LogP contribution in [0.3, 0.4) is 0 Å². The molecule has 26 heavy (non-hydrogen) atoms. The van der Waals surface area contributed by atoms with E-state index in [0.29, 0.717) is 5.16 Å². The summed E-state index contributed by atoms with van der Waals surface area (Å²) in [6.45, 7) is 0. The van der Waals surface area contributed by atoms with Crippen molar-refractivity contribution in [1.29, 1.82) is 0 Å². The SMILES string of the molecule is C[N+](C)=C/C=C(\Cl)N1c2ccccc2Sc2ccccc21.[O-][Cl+3]([O-])([O-])[O-]. The molecule has 0 atom stereocenters. The highest BCUT2D eigenvalue weighted by Crippen LogP contribution is 2.49. The lowest BCUT2D eigenvalue weighted by molar-refractivity contribution is -2.00. The van der Waals surface area contributed by atoms with Crippen LogP contribution in [0.15, 0.2) is 69.6 Å². The van der Waals surface area contributed by atoms with Crippen molar-refractivity contribution in [3.05, 3.63) is 59.8 Å². The molecular weight excluding hydrogens is 399 g/mol. The van der Waals surface area contributed by atoms with E-state index in [1.807, 2.05) is 43.1 Å². The second-order valence-corrected chi connectivity index (χ2v) is 7.58. The fraction of sp³-hybridized carbons (Fsp3) is 0.118. The van der Waals surface area contributed by atoms with Crippen LogP contribution in [0.5, 0.6) is 0 Å². The van der Waals surface area contributed by atoms with Gasteiger partial charge in [-0.2, -0.15) is 0 Å². The summed E-state index contributed by atoms with van der Waals surface area (Å²) >= 11 is 8.36. The Hall–Kier alpha value is -1.58. The number of hydrogen-bond acceptors (Lipinski definition) is 6. The number of nitrogens with zero attached hydrogens (tertiary/aromatic N) is 2. The van der Waals surface area contributed by atoms with E-state index in [1.54, 1.807) is 11.8 Å². The molecule has 3 rings (SSSR count). The maximum absolute atomic E-state index is 8.49. The molecule has 0 spiro atoms. The molecule has 0 unspecified atom stereocenters. The highest BCUT2D eigenvalue weighted by atomic mass is 35.7. The van der Waals surface area contributed by atoms with Gasteiger partial charge in [-0.15, -0.1) is 10.2 Å². The van der Waals surface area contributed by atoms with Gasteiger partial charge in [0, 0.05) is 15.9 Å². The zero-order valence-corrected chi connectivity index (χ0v) is 16.3. The molecular formula is C17H16Cl2N2O4S. The van der Waals surface area contributed by atoms with Crippen LogP contribution in [0.25, 0.3) is 0 Å². The van der Waals surface area contributed by atoms with Gasteiger partial charge in [0.05, 0.1) is 11.4 Å². The highest BCUT2D eigenvalue weighted by Gasteiger charge is 2.24. The predicted molar refractivity (Wildman–Crippen MR) is 91.3 cm³/mol. The number of allylic oxidation sites excluding steroid dienone is 1. The topological polar surface area (TPSA) is 98.5 Å². The molecule has 0 aliphatic carbocycles. The van der Waals surface area contributed by atoms with E-state index in [9.17, 15) is 0 Å². The minimum Gasteiger partial charge on any atom is -0.298 e. The number of rotatable bonds is 2. The first-order valence-corrected chi connectivity index (χ1v) is 9.74. The summed E-state index contributed by atoms with van der Waals surface area (Å²) in [5, 5.41) is 0.684. The van der Waals surface area contributed by atoms with E-state index in [0.717, 1.165) is 11.4 Å². The molecule has 1 heterocycles. The lowest BCUT2D eigenvalue weighted by atomic mass is 10.2. The van der Waals surface area contributed by atoms with E-state index >= 15 is 0 Å². The first-order chi connectivity index (χ1) is 12.2. The Morgan fingerprint density at radius 1 is 0.962 bits per heavy atom. The van der Waals surface area contributed by atoms with Crippen LogP contribution < -0.4 is 23.5 Å². The minimum absolute atomic E-state index is 0.684. The summed E-state index contributed by atoms with van der Waals surface area (Å²) in [5.74, 6) is 0. The van der Waals surface area contributed by atoms with Crippen molar-refractivity contribution < 1.29 is 33.5 Å². The van der Waals surface area contributed by atoms with Gasteiger partial charge in [0.2, 0.25) is 0 Å².